The van der Waals surface area contributed by atoms with E-state index in [4.69, 9.17) is 4.74 Å². The van der Waals surface area contributed by atoms with E-state index in [0.29, 0.717) is 18.2 Å². The van der Waals surface area contributed by atoms with Gasteiger partial charge in [0, 0.05) is 12.4 Å². The Morgan fingerprint density at radius 1 is 1.62 bits per heavy atom. The van der Waals surface area contributed by atoms with Crippen molar-refractivity contribution in [3.05, 3.63) is 30.1 Å². The van der Waals surface area contributed by atoms with E-state index in [-0.39, 0.29) is 5.78 Å². The largest absolute Gasteiger partial charge is 0.490 e. The molecule has 68 valence electrons. The fourth-order valence-electron chi connectivity index (χ4n) is 1.22. The number of imidazole rings is 1. The SMILES string of the molecule is O=C(C1=CCCCO1)c1ncc[nH]1. The number of aromatic nitrogens is 2. The van der Waals surface area contributed by atoms with Crippen LogP contribution >= 0.6 is 0 Å². The number of aromatic amines is 1. The predicted molar refractivity (Wildman–Crippen MR) is 46.2 cm³/mol. The van der Waals surface area contributed by atoms with E-state index in [0.717, 1.165) is 12.8 Å². The van der Waals surface area contributed by atoms with Crippen LogP contribution in [-0.2, 0) is 4.74 Å². The number of Topliss-reactive ketones (excluding diaryl/α,β-unsaturated/α-hetero) is 1. The number of ether oxygens (including phenoxy) is 1. The van der Waals surface area contributed by atoms with E-state index >= 15 is 0 Å². The average Bonchev–Trinajstić information content (AvgIpc) is 2.71. The molecular weight excluding hydrogens is 168 g/mol. The van der Waals surface area contributed by atoms with Gasteiger partial charge < -0.3 is 9.72 Å². The number of H-pyrrole nitrogens is 1. The molecule has 13 heavy (non-hydrogen) atoms. The lowest BCUT2D eigenvalue weighted by molar-refractivity contribution is 0.0890. The molecule has 0 aromatic carbocycles. The second-order valence-corrected chi connectivity index (χ2v) is 2.83. The summed E-state index contributed by atoms with van der Waals surface area (Å²) in [7, 11) is 0. The minimum absolute atomic E-state index is 0.162. The van der Waals surface area contributed by atoms with Crippen LogP contribution in [0.4, 0.5) is 0 Å². The minimum atomic E-state index is -0.162. The molecule has 0 saturated heterocycles. The van der Waals surface area contributed by atoms with Gasteiger partial charge in [-0.1, -0.05) is 0 Å². The highest BCUT2D eigenvalue weighted by Gasteiger charge is 2.17. The van der Waals surface area contributed by atoms with Crippen LogP contribution in [0.25, 0.3) is 0 Å². The van der Waals surface area contributed by atoms with E-state index in [9.17, 15) is 4.79 Å². The third kappa shape index (κ3) is 1.61. The summed E-state index contributed by atoms with van der Waals surface area (Å²) in [6, 6.07) is 0. The minimum Gasteiger partial charge on any atom is -0.490 e. The summed E-state index contributed by atoms with van der Waals surface area (Å²) in [5.41, 5.74) is 0. The fourth-order valence-corrected chi connectivity index (χ4v) is 1.22. The quantitative estimate of drug-likeness (QED) is 0.694. The maximum Gasteiger partial charge on any atom is 0.262 e. The Labute approximate surface area is 75.6 Å². The van der Waals surface area contributed by atoms with Gasteiger partial charge in [-0.3, -0.25) is 4.79 Å². The van der Waals surface area contributed by atoms with Gasteiger partial charge >= 0.3 is 0 Å². The monoisotopic (exact) mass is 178 g/mol. The van der Waals surface area contributed by atoms with Crippen LogP contribution in [0.2, 0.25) is 0 Å². The number of nitrogens with one attached hydrogen (secondary N) is 1. The van der Waals surface area contributed by atoms with E-state index in [1.54, 1.807) is 12.4 Å². The third-order valence-electron chi connectivity index (χ3n) is 1.87. The maximum absolute atomic E-state index is 11.6. The van der Waals surface area contributed by atoms with Crippen LogP contribution in [-0.4, -0.2) is 22.4 Å². The molecule has 1 N–H and O–H groups in total. The standard InChI is InChI=1S/C9H10N2O2/c12-8(9-10-4-5-11-9)7-3-1-2-6-13-7/h3-5H,1-2,6H2,(H,10,11). The van der Waals surface area contributed by atoms with Gasteiger partial charge in [-0.25, -0.2) is 4.98 Å². The molecule has 0 amide bonds. The van der Waals surface area contributed by atoms with Crippen molar-refractivity contribution in [2.75, 3.05) is 6.61 Å². The van der Waals surface area contributed by atoms with Gasteiger partial charge in [0.25, 0.3) is 5.78 Å². The molecule has 4 heteroatoms. The van der Waals surface area contributed by atoms with Crippen LogP contribution in [0.15, 0.2) is 24.2 Å². The number of ketones is 1. The van der Waals surface area contributed by atoms with E-state index in [1.807, 2.05) is 6.08 Å². The van der Waals surface area contributed by atoms with Crippen molar-refractivity contribution in [1.29, 1.82) is 0 Å². The first kappa shape index (κ1) is 8.04. The summed E-state index contributed by atoms with van der Waals surface area (Å²) < 4.78 is 5.22. The van der Waals surface area contributed by atoms with Gasteiger partial charge in [0.15, 0.2) is 11.6 Å². The summed E-state index contributed by atoms with van der Waals surface area (Å²) in [5.74, 6) is 0.596. The van der Waals surface area contributed by atoms with Crippen LogP contribution in [0, 0.1) is 0 Å². The smallest absolute Gasteiger partial charge is 0.262 e. The van der Waals surface area contributed by atoms with Crippen molar-refractivity contribution in [3.8, 4) is 0 Å². The molecule has 1 aromatic heterocycles. The normalized spacial score (nSPS) is 16.2. The first-order valence-corrected chi connectivity index (χ1v) is 4.25. The van der Waals surface area contributed by atoms with Gasteiger partial charge in [0.1, 0.15) is 0 Å². The lowest BCUT2D eigenvalue weighted by Gasteiger charge is -2.12. The zero-order valence-electron chi connectivity index (χ0n) is 7.12. The predicted octanol–water partition coefficient (Wildman–Crippen LogP) is 1.29. The zero-order chi connectivity index (χ0) is 9.10. The Bertz CT molecular complexity index is 327. The van der Waals surface area contributed by atoms with Gasteiger partial charge in [-0.2, -0.15) is 0 Å². The summed E-state index contributed by atoms with van der Waals surface area (Å²) in [5, 5.41) is 0. The molecule has 0 bridgehead atoms. The lowest BCUT2D eigenvalue weighted by Crippen LogP contribution is -2.12. The number of allylic oxidation sites excluding steroid dienone is 2. The molecule has 2 heterocycles. The average molecular weight is 178 g/mol. The molecular formula is C9H10N2O2. The third-order valence-corrected chi connectivity index (χ3v) is 1.87. The Kier molecular flexibility index (Phi) is 2.12. The summed E-state index contributed by atoms with van der Waals surface area (Å²) in [4.78, 5) is 18.2. The second-order valence-electron chi connectivity index (χ2n) is 2.83. The molecule has 0 radical (unpaired) electrons. The Hall–Kier alpha value is -1.58. The number of hydrogen-bond acceptors (Lipinski definition) is 3. The number of nitrogens with zero attached hydrogens (tertiary/aromatic N) is 1. The van der Waals surface area contributed by atoms with Gasteiger partial charge in [0.05, 0.1) is 6.61 Å². The van der Waals surface area contributed by atoms with Crippen LogP contribution in [0.3, 0.4) is 0 Å². The van der Waals surface area contributed by atoms with Gasteiger partial charge in [0.2, 0.25) is 0 Å². The van der Waals surface area contributed by atoms with Crippen LogP contribution in [0.1, 0.15) is 23.5 Å². The molecule has 0 unspecified atom stereocenters. The number of carbonyl (C=O) groups excluding carboxylic acids is 1. The number of rotatable bonds is 2. The molecule has 0 atom stereocenters. The molecule has 2 rings (SSSR count). The van der Waals surface area contributed by atoms with Crippen molar-refractivity contribution in [1.82, 2.24) is 9.97 Å². The molecule has 0 aliphatic carbocycles. The van der Waals surface area contributed by atoms with Crippen LogP contribution < -0.4 is 0 Å². The van der Waals surface area contributed by atoms with Crippen molar-refractivity contribution in [2.45, 2.75) is 12.8 Å². The molecule has 0 spiro atoms. The van der Waals surface area contributed by atoms with E-state index in [2.05, 4.69) is 9.97 Å². The fraction of sp³-hybridized carbons (Fsp3) is 0.333. The molecule has 0 fully saturated rings. The lowest BCUT2D eigenvalue weighted by atomic mass is 10.2. The van der Waals surface area contributed by atoms with Crippen molar-refractivity contribution >= 4 is 5.78 Å². The zero-order valence-corrected chi connectivity index (χ0v) is 7.12. The topological polar surface area (TPSA) is 55.0 Å². The molecule has 4 nitrogen and oxygen atoms in total. The second kappa shape index (κ2) is 3.43. The van der Waals surface area contributed by atoms with Crippen molar-refractivity contribution in [3.63, 3.8) is 0 Å². The van der Waals surface area contributed by atoms with Crippen molar-refractivity contribution in [2.24, 2.45) is 0 Å². The number of carbonyl (C=O) groups is 1. The van der Waals surface area contributed by atoms with Gasteiger partial charge in [-0.15, -0.1) is 0 Å². The Morgan fingerprint density at radius 3 is 3.15 bits per heavy atom. The first-order valence-electron chi connectivity index (χ1n) is 4.25. The highest BCUT2D eigenvalue weighted by molar-refractivity contribution is 6.04. The Morgan fingerprint density at radius 2 is 2.54 bits per heavy atom. The highest BCUT2D eigenvalue weighted by Crippen LogP contribution is 2.13. The number of hydrogen-bond donors (Lipinski definition) is 1. The van der Waals surface area contributed by atoms with E-state index in [1.165, 1.54) is 0 Å². The summed E-state index contributed by atoms with van der Waals surface area (Å²) >= 11 is 0. The van der Waals surface area contributed by atoms with Gasteiger partial charge in [-0.05, 0) is 18.9 Å². The van der Waals surface area contributed by atoms with Crippen LogP contribution in [0.5, 0.6) is 0 Å². The Balaban J connectivity index is 2.17. The maximum atomic E-state index is 11.6. The highest BCUT2D eigenvalue weighted by atomic mass is 16.5. The first-order chi connectivity index (χ1) is 6.38. The van der Waals surface area contributed by atoms with Crippen molar-refractivity contribution < 1.29 is 9.53 Å². The molecule has 1 aromatic rings. The summed E-state index contributed by atoms with van der Waals surface area (Å²) in [6.45, 7) is 0.623. The molecule has 0 saturated carbocycles. The molecule has 1 aliphatic heterocycles. The van der Waals surface area contributed by atoms with E-state index < -0.39 is 0 Å². The molecule has 1 aliphatic rings. The summed E-state index contributed by atoms with van der Waals surface area (Å²) in [6.07, 6.45) is 6.87.